The van der Waals surface area contributed by atoms with E-state index in [1.807, 2.05) is 0 Å². The van der Waals surface area contributed by atoms with Gasteiger partial charge in [-0.25, -0.2) is 0 Å². The third-order valence-corrected chi connectivity index (χ3v) is 2.72. The van der Waals surface area contributed by atoms with Gasteiger partial charge in [0.2, 0.25) is 5.91 Å². The molecule has 0 bridgehead atoms. The number of nitrogens with one attached hydrogen (secondary N) is 1. The van der Waals surface area contributed by atoms with Crippen molar-refractivity contribution in [1.82, 2.24) is 5.32 Å². The van der Waals surface area contributed by atoms with Gasteiger partial charge in [-0.15, -0.1) is 0 Å². The maximum atomic E-state index is 11.3. The maximum Gasteiger partial charge on any atom is 0.234 e. The zero-order valence-electron chi connectivity index (χ0n) is 10.9. The third-order valence-electron chi connectivity index (χ3n) is 2.72. The van der Waals surface area contributed by atoms with E-state index >= 15 is 0 Å². The van der Waals surface area contributed by atoms with Crippen molar-refractivity contribution in [2.24, 2.45) is 11.7 Å². The molecule has 3 N–H and O–H groups in total. The van der Waals surface area contributed by atoms with Gasteiger partial charge >= 0.3 is 0 Å². The molecule has 0 aliphatic rings. The van der Waals surface area contributed by atoms with Crippen molar-refractivity contribution >= 4 is 5.91 Å². The van der Waals surface area contributed by atoms with Crippen LogP contribution in [0, 0.1) is 12.8 Å². The van der Waals surface area contributed by atoms with Gasteiger partial charge in [0, 0.05) is 6.54 Å². The molecular weight excluding hydrogens is 212 g/mol. The fourth-order valence-electron chi connectivity index (χ4n) is 1.72. The first-order chi connectivity index (χ1) is 7.99. The molecule has 1 amide bonds. The van der Waals surface area contributed by atoms with Crippen molar-refractivity contribution in [3.05, 3.63) is 35.4 Å². The zero-order valence-corrected chi connectivity index (χ0v) is 10.9. The highest BCUT2D eigenvalue weighted by molar-refractivity contribution is 5.79. The topological polar surface area (TPSA) is 55.1 Å². The lowest BCUT2D eigenvalue weighted by Gasteiger charge is -2.17. The van der Waals surface area contributed by atoms with E-state index in [-0.39, 0.29) is 11.9 Å². The Morgan fingerprint density at radius 2 is 1.88 bits per heavy atom. The fraction of sp³-hybridized carbons (Fsp3) is 0.500. The van der Waals surface area contributed by atoms with Gasteiger partial charge in [-0.1, -0.05) is 43.7 Å². The van der Waals surface area contributed by atoms with Gasteiger partial charge in [0.15, 0.2) is 0 Å². The van der Waals surface area contributed by atoms with Gasteiger partial charge in [-0.2, -0.15) is 0 Å². The van der Waals surface area contributed by atoms with E-state index in [4.69, 9.17) is 5.73 Å². The molecule has 0 spiro atoms. The van der Waals surface area contributed by atoms with Crippen molar-refractivity contribution in [1.29, 1.82) is 0 Å². The molecule has 0 fully saturated rings. The van der Waals surface area contributed by atoms with Crippen LogP contribution in [0.25, 0.3) is 0 Å². The van der Waals surface area contributed by atoms with Crippen LogP contribution in [0.15, 0.2) is 24.3 Å². The molecule has 3 heteroatoms. The summed E-state index contributed by atoms with van der Waals surface area (Å²) in [5.41, 5.74) is 7.78. The number of amides is 1. The van der Waals surface area contributed by atoms with Gasteiger partial charge < -0.3 is 11.1 Å². The number of primary amides is 1. The molecule has 0 saturated carbocycles. The summed E-state index contributed by atoms with van der Waals surface area (Å²) in [7, 11) is 0. The molecule has 1 atom stereocenters. The normalized spacial score (nSPS) is 12.7. The number of nitrogens with two attached hydrogens (primary N) is 1. The monoisotopic (exact) mass is 234 g/mol. The minimum absolute atomic E-state index is 0.240. The highest BCUT2D eigenvalue weighted by atomic mass is 16.1. The Bertz CT molecular complexity index is 357. The average molecular weight is 234 g/mol. The van der Waals surface area contributed by atoms with Crippen LogP contribution >= 0.6 is 0 Å². The Hall–Kier alpha value is -1.35. The van der Waals surface area contributed by atoms with Gasteiger partial charge in [0.25, 0.3) is 0 Å². The second-order valence-corrected chi connectivity index (χ2v) is 4.95. The predicted molar refractivity (Wildman–Crippen MR) is 70.5 cm³/mol. The predicted octanol–water partition coefficient (Wildman–Crippen LogP) is 1.98. The Kier molecular flexibility index (Phi) is 5.16. The number of rotatable bonds is 6. The molecule has 1 rings (SSSR count). The van der Waals surface area contributed by atoms with Crippen molar-refractivity contribution in [3.63, 3.8) is 0 Å². The molecule has 0 heterocycles. The molecule has 0 aromatic heterocycles. The van der Waals surface area contributed by atoms with Crippen LogP contribution in [-0.4, -0.2) is 11.9 Å². The standard InChI is InChI=1S/C14H22N2O/c1-10(2)8-13(14(15)17)16-9-12-6-4-11(3)5-7-12/h4-7,10,13,16H,8-9H2,1-3H3,(H2,15,17)/t13-/m1/s1. The van der Waals surface area contributed by atoms with E-state index in [9.17, 15) is 4.79 Å². The summed E-state index contributed by atoms with van der Waals surface area (Å²) < 4.78 is 0. The van der Waals surface area contributed by atoms with Crippen LogP contribution in [0.4, 0.5) is 0 Å². The Labute approximate surface area is 103 Å². The second kappa shape index (κ2) is 6.40. The number of benzene rings is 1. The maximum absolute atomic E-state index is 11.3. The lowest BCUT2D eigenvalue weighted by atomic mass is 10.0. The lowest BCUT2D eigenvalue weighted by Crippen LogP contribution is -2.41. The molecule has 3 nitrogen and oxygen atoms in total. The van der Waals surface area contributed by atoms with E-state index in [0.29, 0.717) is 12.5 Å². The molecular formula is C14H22N2O. The van der Waals surface area contributed by atoms with Crippen molar-refractivity contribution in [2.45, 2.75) is 39.8 Å². The van der Waals surface area contributed by atoms with Gasteiger partial charge in [0.05, 0.1) is 6.04 Å². The van der Waals surface area contributed by atoms with Crippen LogP contribution in [0.1, 0.15) is 31.4 Å². The molecule has 0 saturated heterocycles. The highest BCUT2D eigenvalue weighted by Crippen LogP contribution is 2.07. The number of hydrogen-bond acceptors (Lipinski definition) is 2. The second-order valence-electron chi connectivity index (χ2n) is 4.95. The molecule has 1 aromatic rings. The van der Waals surface area contributed by atoms with E-state index in [1.165, 1.54) is 11.1 Å². The van der Waals surface area contributed by atoms with Crippen molar-refractivity contribution in [3.8, 4) is 0 Å². The van der Waals surface area contributed by atoms with E-state index < -0.39 is 0 Å². The molecule has 0 radical (unpaired) electrons. The molecule has 0 aliphatic heterocycles. The largest absolute Gasteiger partial charge is 0.368 e. The Balaban J connectivity index is 2.51. The van der Waals surface area contributed by atoms with Crippen LogP contribution in [0.3, 0.4) is 0 Å². The summed E-state index contributed by atoms with van der Waals surface area (Å²) >= 11 is 0. The van der Waals surface area contributed by atoms with Gasteiger partial charge in [-0.05, 0) is 24.8 Å². The van der Waals surface area contributed by atoms with Crippen LogP contribution in [-0.2, 0) is 11.3 Å². The summed E-state index contributed by atoms with van der Waals surface area (Å²) in [6.45, 7) is 6.91. The zero-order chi connectivity index (χ0) is 12.8. The van der Waals surface area contributed by atoms with Crippen LogP contribution in [0.2, 0.25) is 0 Å². The summed E-state index contributed by atoms with van der Waals surface area (Å²) in [5, 5.41) is 3.21. The molecule has 0 unspecified atom stereocenters. The molecule has 0 aliphatic carbocycles. The van der Waals surface area contributed by atoms with Crippen molar-refractivity contribution in [2.75, 3.05) is 0 Å². The Morgan fingerprint density at radius 1 is 1.29 bits per heavy atom. The summed E-state index contributed by atoms with van der Waals surface area (Å²) in [6, 6.07) is 8.03. The fourth-order valence-corrected chi connectivity index (χ4v) is 1.72. The van der Waals surface area contributed by atoms with Crippen LogP contribution in [0.5, 0.6) is 0 Å². The number of aryl methyl sites for hydroxylation is 1. The number of carbonyl (C=O) groups is 1. The SMILES string of the molecule is Cc1ccc(CN[C@H](CC(C)C)C(N)=O)cc1. The minimum atomic E-state index is -0.272. The molecule has 17 heavy (non-hydrogen) atoms. The van der Waals surface area contributed by atoms with Gasteiger partial charge in [0.1, 0.15) is 0 Å². The number of hydrogen-bond donors (Lipinski definition) is 2. The first-order valence-corrected chi connectivity index (χ1v) is 6.07. The van der Waals surface area contributed by atoms with E-state index in [0.717, 1.165) is 6.42 Å². The third kappa shape index (κ3) is 5.00. The van der Waals surface area contributed by atoms with E-state index in [2.05, 4.69) is 50.4 Å². The van der Waals surface area contributed by atoms with Gasteiger partial charge in [-0.3, -0.25) is 4.79 Å². The quantitative estimate of drug-likeness (QED) is 0.791. The van der Waals surface area contributed by atoms with Crippen LogP contribution < -0.4 is 11.1 Å². The summed E-state index contributed by atoms with van der Waals surface area (Å²) in [5.74, 6) is 0.184. The Morgan fingerprint density at radius 3 is 2.35 bits per heavy atom. The molecule has 1 aromatic carbocycles. The number of carbonyl (C=O) groups excluding carboxylic acids is 1. The minimum Gasteiger partial charge on any atom is -0.368 e. The summed E-state index contributed by atoms with van der Waals surface area (Å²) in [6.07, 6.45) is 0.779. The average Bonchev–Trinajstić information content (AvgIpc) is 2.25. The van der Waals surface area contributed by atoms with Crippen molar-refractivity contribution < 1.29 is 4.79 Å². The summed E-state index contributed by atoms with van der Waals surface area (Å²) in [4.78, 5) is 11.3. The first kappa shape index (κ1) is 13.7. The first-order valence-electron chi connectivity index (χ1n) is 6.07. The molecule has 94 valence electrons. The highest BCUT2D eigenvalue weighted by Gasteiger charge is 2.15. The van der Waals surface area contributed by atoms with E-state index in [1.54, 1.807) is 0 Å². The smallest absolute Gasteiger partial charge is 0.234 e. The lowest BCUT2D eigenvalue weighted by molar-refractivity contribution is -0.120.